The quantitative estimate of drug-likeness (QED) is 0.772. The van der Waals surface area contributed by atoms with Gasteiger partial charge in [0.05, 0.1) is 18.3 Å². The molecule has 90 valence electrons. The van der Waals surface area contributed by atoms with Crippen molar-refractivity contribution in [2.45, 2.75) is 26.4 Å². The van der Waals surface area contributed by atoms with E-state index in [0.29, 0.717) is 13.2 Å². The Bertz CT molecular complexity index is 337. The summed E-state index contributed by atoms with van der Waals surface area (Å²) in [7, 11) is 0. The maximum absolute atomic E-state index is 11.3. The highest BCUT2D eigenvalue weighted by Gasteiger charge is 2.16. The van der Waals surface area contributed by atoms with Crippen LogP contribution in [0, 0.1) is 0 Å². The number of carbonyl (C=O) groups excluding carboxylic acids is 1. The highest BCUT2D eigenvalue weighted by molar-refractivity contribution is 5.67. The van der Waals surface area contributed by atoms with Crippen molar-refractivity contribution >= 4 is 6.09 Å². The molecule has 0 saturated heterocycles. The lowest BCUT2D eigenvalue weighted by atomic mass is 10.2. The Balaban J connectivity index is 2.70. The number of aryl methyl sites for hydroxylation is 1. The van der Waals surface area contributed by atoms with Crippen molar-refractivity contribution in [2.75, 3.05) is 13.2 Å². The molecular weight excluding hydrogens is 208 g/mol. The number of ether oxygens (including phenoxy) is 1. The largest absolute Gasteiger partial charge is 0.450 e. The number of nitrogens with zero attached hydrogens (tertiary/aromatic N) is 2. The second kappa shape index (κ2) is 6.12. The number of amides is 1. The van der Waals surface area contributed by atoms with Crippen LogP contribution in [0.25, 0.3) is 0 Å². The number of aromatic nitrogens is 2. The van der Waals surface area contributed by atoms with E-state index in [2.05, 4.69) is 10.4 Å². The lowest BCUT2D eigenvalue weighted by Crippen LogP contribution is -2.35. The molecule has 0 aliphatic rings. The molecule has 0 fully saturated rings. The van der Waals surface area contributed by atoms with Crippen LogP contribution in [0.5, 0.6) is 0 Å². The van der Waals surface area contributed by atoms with E-state index in [0.717, 1.165) is 12.2 Å². The molecule has 0 bridgehead atoms. The molecule has 0 spiro atoms. The second-order valence-electron chi connectivity index (χ2n) is 3.22. The van der Waals surface area contributed by atoms with Gasteiger partial charge in [-0.1, -0.05) is 0 Å². The van der Waals surface area contributed by atoms with E-state index in [1.807, 2.05) is 13.0 Å². The van der Waals surface area contributed by atoms with Gasteiger partial charge in [0.15, 0.2) is 0 Å². The average Bonchev–Trinajstić information content (AvgIpc) is 2.74. The summed E-state index contributed by atoms with van der Waals surface area (Å²) in [6.07, 6.45) is 1.23. The van der Waals surface area contributed by atoms with E-state index in [4.69, 9.17) is 10.5 Å². The van der Waals surface area contributed by atoms with Gasteiger partial charge in [0.2, 0.25) is 0 Å². The van der Waals surface area contributed by atoms with Gasteiger partial charge in [-0.05, 0) is 19.9 Å². The fourth-order valence-corrected chi connectivity index (χ4v) is 1.47. The zero-order valence-electron chi connectivity index (χ0n) is 9.64. The van der Waals surface area contributed by atoms with Crippen molar-refractivity contribution in [3.05, 3.63) is 18.0 Å². The van der Waals surface area contributed by atoms with Gasteiger partial charge in [0, 0.05) is 19.3 Å². The second-order valence-corrected chi connectivity index (χ2v) is 3.22. The molecule has 1 aromatic heterocycles. The topological polar surface area (TPSA) is 82.2 Å². The molecule has 0 aromatic carbocycles. The van der Waals surface area contributed by atoms with Crippen LogP contribution in [-0.4, -0.2) is 29.0 Å². The first-order valence-corrected chi connectivity index (χ1v) is 5.38. The third-order valence-electron chi connectivity index (χ3n) is 2.21. The van der Waals surface area contributed by atoms with Crippen molar-refractivity contribution in [3.63, 3.8) is 0 Å². The van der Waals surface area contributed by atoms with E-state index in [1.165, 1.54) is 0 Å². The van der Waals surface area contributed by atoms with Gasteiger partial charge in [-0.15, -0.1) is 0 Å². The van der Waals surface area contributed by atoms with Crippen LogP contribution in [-0.2, 0) is 11.3 Å². The molecule has 1 atom stereocenters. The van der Waals surface area contributed by atoms with Gasteiger partial charge >= 0.3 is 6.09 Å². The molecule has 0 aliphatic heterocycles. The average molecular weight is 226 g/mol. The molecule has 1 rings (SSSR count). The smallest absolute Gasteiger partial charge is 0.407 e. The lowest BCUT2D eigenvalue weighted by Gasteiger charge is -2.17. The SMILES string of the molecule is CCOC(=O)NC(CN)c1ccnn1CC. The monoisotopic (exact) mass is 226 g/mol. The Morgan fingerprint density at radius 2 is 2.44 bits per heavy atom. The van der Waals surface area contributed by atoms with Gasteiger partial charge in [-0.2, -0.15) is 5.10 Å². The summed E-state index contributed by atoms with van der Waals surface area (Å²) in [6, 6.07) is 1.58. The zero-order chi connectivity index (χ0) is 12.0. The maximum Gasteiger partial charge on any atom is 0.407 e. The number of nitrogens with one attached hydrogen (secondary N) is 1. The fraction of sp³-hybridized carbons (Fsp3) is 0.600. The molecule has 3 N–H and O–H groups in total. The first kappa shape index (κ1) is 12.5. The van der Waals surface area contributed by atoms with Gasteiger partial charge in [-0.25, -0.2) is 4.79 Å². The molecule has 1 heterocycles. The summed E-state index contributed by atoms with van der Waals surface area (Å²) in [5.41, 5.74) is 6.51. The molecule has 1 amide bonds. The third-order valence-corrected chi connectivity index (χ3v) is 2.21. The summed E-state index contributed by atoms with van der Waals surface area (Å²) in [6.45, 7) is 5.13. The third kappa shape index (κ3) is 2.96. The van der Waals surface area contributed by atoms with E-state index < -0.39 is 6.09 Å². The molecule has 1 unspecified atom stereocenters. The van der Waals surface area contributed by atoms with Crippen molar-refractivity contribution in [3.8, 4) is 0 Å². The van der Waals surface area contributed by atoms with Crippen molar-refractivity contribution in [1.29, 1.82) is 0 Å². The molecule has 6 nitrogen and oxygen atoms in total. The Hall–Kier alpha value is -1.56. The first-order valence-electron chi connectivity index (χ1n) is 5.38. The standard InChI is InChI=1S/C10H18N4O2/c1-3-14-9(5-6-12-14)8(7-11)13-10(15)16-4-2/h5-6,8H,3-4,7,11H2,1-2H3,(H,13,15). The van der Waals surface area contributed by atoms with Crippen LogP contribution < -0.4 is 11.1 Å². The van der Waals surface area contributed by atoms with Crippen molar-refractivity contribution in [1.82, 2.24) is 15.1 Å². The van der Waals surface area contributed by atoms with Crippen LogP contribution in [0.4, 0.5) is 4.79 Å². The number of hydrogen-bond acceptors (Lipinski definition) is 4. The van der Waals surface area contributed by atoms with Crippen LogP contribution in [0.1, 0.15) is 25.6 Å². The normalized spacial score (nSPS) is 12.2. The zero-order valence-corrected chi connectivity index (χ0v) is 9.64. The molecule has 6 heteroatoms. The van der Waals surface area contributed by atoms with Crippen LogP contribution in [0.15, 0.2) is 12.3 Å². The van der Waals surface area contributed by atoms with Crippen LogP contribution >= 0.6 is 0 Å². The minimum atomic E-state index is -0.457. The number of alkyl carbamates (subject to hydrolysis) is 1. The molecular formula is C10H18N4O2. The number of hydrogen-bond donors (Lipinski definition) is 2. The van der Waals surface area contributed by atoms with Crippen LogP contribution in [0.2, 0.25) is 0 Å². The van der Waals surface area contributed by atoms with E-state index >= 15 is 0 Å². The maximum atomic E-state index is 11.3. The van der Waals surface area contributed by atoms with Crippen molar-refractivity contribution in [2.24, 2.45) is 5.73 Å². The van der Waals surface area contributed by atoms with Crippen LogP contribution in [0.3, 0.4) is 0 Å². The number of rotatable bonds is 5. The highest BCUT2D eigenvalue weighted by atomic mass is 16.5. The summed E-state index contributed by atoms with van der Waals surface area (Å²) in [5, 5.41) is 6.82. The Kier molecular flexibility index (Phi) is 4.78. The molecule has 0 saturated carbocycles. The lowest BCUT2D eigenvalue weighted by molar-refractivity contribution is 0.148. The van der Waals surface area contributed by atoms with E-state index in [9.17, 15) is 4.79 Å². The van der Waals surface area contributed by atoms with Crippen molar-refractivity contribution < 1.29 is 9.53 Å². The summed E-state index contributed by atoms with van der Waals surface area (Å²) in [4.78, 5) is 11.3. The minimum Gasteiger partial charge on any atom is -0.450 e. The van der Waals surface area contributed by atoms with Gasteiger partial charge in [0.1, 0.15) is 0 Å². The number of nitrogens with two attached hydrogens (primary N) is 1. The van der Waals surface area contributed by atoms with E-state index in [1.54, 1.807) is 17.8 Å². The Morgan fingerprint density at radius 1 is 1.69 bits per heavy atom. The van der Waals surface area contributed by atoms with E-state index in [-0.39, 0.29) is 6.04 Å². The predicted molar refractivity (Wildman–Crippen MR) is 59.9 cm³/mol. The highest BCUT2D eigenvalue weighted by Crippen LogP contribution is 2.11. The van der Waals surface area contributed by atoms with Gasteiger partial charge < -0.3 is 15.8 Å². The van der Waals surface area contributed by atoms with Gasteiger partial charge in [0.25, 0.3) is 0 Å². The van der Waals surface area contributed by atoms with Gasteiger partial charge in [-0.3, -0.25) is 4.68 Å². The summed E-state index contributed by atoms with van der Waals surface area (Å²) < 4.78 is 6.61. The minimum absolute atomic E-state index is 0.263. The Morgan fingerprint density at radius 3 is 3.00 bits per heavy atom. The molecule has 16 heavy (non-hydrogen) atoms. The molecule has 0 radical (unpaired) electrons. The molecule has 1 aromatic rings. The predicted octanol–water partition coefficient (Wildman–Crippen LogP) is 0.649. The fourth-order valence-electron chi connectivity index (χ4n) is 1.47. The summed E-state index contributed by atoms with van der Waals surface area (Å²) >= 11 is 0. The number of carbonyl (C=O) groups is 1. The molecule has 0 aliphatic carbocycles. The Labute approximate surface area is 94.8 Å². The first-order chi connectivity index (χ1) is 7.72. The summed E-state index contributed by atoms with van der Waals surface area (Å²) in [5.74, 6) is 0.